The highest BCUT2D eigenvalue weighted by Crippen LogP contribution is 2.33. The number of hydrogen-bond donors (Lipinski definition) is 0. The highest BCUT2D eigenvalue weighted by atomic mass is 14.3. The number of allylic oxidation sites excluding steroid dienone is 2. The van der Waals surface area contributed by atoms with E-state index in [2.05, 4.69) is 67.5 Å². The van der Waals surface area contributed by atoms with Gasteiger partial charge in [-0.15, -0.1) is 0 Å². The van der Waals surface area contributed by atoms with Gasteiger partial charge >= 0.3 is 0 Å². The molecule has 0 bridgehead atoms. The van der Waals surface area contributed by atoms with Crippen molar-refractivity contribution in [1.82, 2.24) is 0 Å². The summed E-state index contributed by atoms with van der Waals surface area (Å²) in [6.45, 7) is 19.0. The third-order valence-electron chi connectivity index (χ3n) is 5.91. The topological polar surface area (TPSA) is 0 Å². The third-order valence-corrected chi connectivity index (χ3v) is 5.91. The molecule has 0 aliphatic carbocycles. The average molecular weight is 295 g/mol. The summed E-state index contributed by atoms with van der Waals surface area (Å²) in [7, 11) is 0. The molecular formula is C21H42. The summed E-state index contributed by atoms with van der Waals surface area (Å²) in [6.07, 6.45) is 12.8. The lowest BCUT2D eigenvalue weighted by Gasteiger charge is -2.29. The zero-order chi connectivity index (χ0) is 16.5. The molecule has 0 amide bonds. The summed E-state index contributed by atoms with van der Waals surface area (Å²) in [5.74, 6) is 3.40. The predicted molar refractivity (Wildman–Crippen MR) is 98.6 cm³/mol. The maximum absolute atomic E-state index is 2.48. The monoisotopic (exact) mass is 294 g/mol. The van der Waals surface area contributed by atoms with E-state index in [4.69, 9.17) is 0 Å². The second-order valence-corrected chi connectivity index (χ2v) is 7.93. The van der Waals surface area contributed by atoms with E-state index in [1.807, 2.05) is 0 Å². The van der Waals surface area contributed by atoms with Gasteiger partial charge in [0.1, 0.15) is 0 Å². The normalized spacial score (nSPS) is 18.7. The molecule has 0 aromatic carbocycles. The Morgan fingerprint density at radius 2 is 1.48 bits per heavy atom. The van der Waals surface area contributed by atoms with Gasteiger partial charge in [0, 0.05) is 0 Å². The van der Waals surface area contributed by atoms with Crippen molar-refractivity contribution < 1.29 is 0 Å². The van der Waals surface area contributed by atoms with Gasteiger partial charge in [0.25, 0.3) is 0 Å². The van der Waals surface area contributed by atoms with Gasteiger partial charge in [0.05, 0.1) is 0 Å². The Hall–Kier alpha value is -0.260. The molecule has 0 nitrogen and oxygen atoms in total. The number of hydrogen-bond acceptors (Lipinski definition) is 0. The van der Waals surface area contributed by atoms with Crippen LogP contribution in [0, 0.1) is 29.1 Å². The van der Waals surface area contributed by atoms with E-state index >= 15 is 0 Å². The Morgan fingerprint density at radius 3 is 1.95 bits per heavy atom. The van der Waals surface area contributed by atoms with E-state index in [0.29, 0.717) is 5.41 Å². The molecule has 0 aliphatic rings. The van der Waals surface area contributed by atoms with Gasteiger partial charge in [0.2, 0.25) is 0 Å². The summed E-state index contributed by atoms with van der Waals surface area (Å²) in [5.41, 5.74) is 0.347. The van der Waals surface area contributed by atoms with Gasteiger partial charge in [-0.05, 0) is 41.9 Å². The molecule has 0 N–H and O–H groups in total. The van der Waals surface area contributed by atoms with Crippen LogP contribution in [0.4, 0.5) is 0 Å². The van der Waals surface area contributed by atoms with Crippen LogP contribution in [0.25, 0.3) is 0 Å². The third kappa shape index (κ3) is 7.52. The van der Waals surface area contributed by atoms with Crippen LogP contribution in [0.2, 0.25) is 0 Å². The van der Waals surface area contributed by atoms with Crippen LogP contribution in [0.5, 0.6) is 0 Å². The van der Waals surface area contributed by atoms with E-state index in [-0.39, 0.29) is 0 Å². The Morgan fingerprint density at radius 1 is 0.857 bits per heavy atom. The second kappa shape index (κ2) is 10.5. The minimum absolute atomic E-state index is 0.347. The van der Waals surface area contributed by atoms with Crippen LogP contribution < -0.4 is 0 Å². The quantitative estimate of drug-likeness (QED) is 0.346. The summed E-state index contributed by atoms with van der Waals surface area (Å²) in [5, 5.41) is 0. The number of rotatable bonds is 11. The standard InChI is InChI=1S/C21H42/c1-9-14-19(6)21(7,8)16-13-12-15-18(5)20(11-3)17(4)10-2/h13,16-20H,9-12,14-15H2,1-8H3. The van der Waals surface area contributed by atoms with Gasteiger partial charge in [0.15, 0.2) is 0 Å². The molecule has 21 heavy (non-hydrogen) atoms. The smallest absolute Gasteiger partial charge is 0.0149 e. The van der Waals surface area contributed by atoms with Crippen LogP contribution in [0.15, 0.2) is 12.2 Å². The molecule has 0 spiro atoms. The summed E-state index contributed by atoms with van der Waals surface area (Å²) < 4.78 is 0. The Balaban J connectivity index is 4.31. The molecule has 0 rings (SSSR count). The highest BCUT2D eigenvalue weighted by Gasteiger charge is 2.22. The van der Waals surface area contributed by atoms with Gasteiger partial charge in [-0.2, -0.15) is 0 Å². The van der Waals surface area contributed by atoms with E-state index < -0.39 is 0 Å². The van der Waals surface area contributed by atoms with Crippen molar-refractivity contribution in [2.45, 2.75) is 93.9 Å². The molecule has 0 radical (unpaired) electrons. The summed E-state index contributed by atoms with van der Waals surface area (Å²) in [4.78, 5) is 0. The van der Waals surface area contributed by atoms with E-state index in [1.165, 1.54) is 38.5 Å². The van der Waals surface area contributed by atoms with Crippen LogP contribution in [-0.4, -0.2) is 0 Å². The average Bonchev–Trinajstić information content (AvgIpc) is 2.44. The fourth-order valence-electron chi connectivity index (χ4n) is 3.60. The van der Waals surface area contributed by atoms with Crippen LogP contribution in [-0.2, 0) is 0 Å². The van der Waals surface area contributed by atoms with Crippen molar-refractivity contribution in [3.63, 3.8) is 0 Å². The van der Waals surface area contributed by atoms with Crippen molar-refractivity contribution >= 4 is 0 Å². The van der Waals surface area contributed by atoms with Crippen LogP contribution >= 0.6 is 0 Å². The van der Waals surface area contributed by atoms with Crippen molar-refractivity contribution in [3.05, 3.63) is 12.2 Å². The van der Waals surface area contributed by atoms with E-state index in [9.17, 15) is 0 Å². The van der Waals surface area contributed by atoms with Gasteiger partial charge < -0.3 is 0 Å². The molecule has 0 saturated heterocycles. The first-order chi connectivity index (χ1) is 9.80. The molecule has 0 aromatic rings. The second-order valence-electron chi connectivity index (χ2n) is 7.93. The van der Waals surface area contributed by atoms with E-state index in [0.717, 1.165) is 23.7 Å². The molecule has 0 aromatic heterocycles. The van der Waals surface area contributed by atoms with Crippen molar-refractivity contribution in [1.29, 1.82) is 0 Å². The molecule has 0 heteroatoms. The zero-order valence-electron chi connectivity index (χ0n) is 16.2. The van der Waals surface area contributed by atoms with Crippen molar-refractivity contribution in [2.24, 2.45) is 29.1 Å². The summed E-state index contributed by atoms with van der Waals surface area (Å²) in [6, 6.07) is 0. The molecule has 0 saturated carbocycles. The lowest BCUT2D eigenvalue weighted by Crippen LogP contribution is -2.19. The first-order valence-electron chi connectivity index (χ1n) is 9.47. The maximum Gasteiger partial charge on any atom is -0.0149 e. The van der Waals surface area contributed by atoms with Gasteiger partial charge in [-0.3, -0.25) is 0 Å². The minimum Gasteiger partial charge on any atom is -0.0880 e. The Labute approximate surface area is 135 Å². The molecule has 126 valence electrons. The Bertz CT molecular complexity index is 274. The first kappa shape index (κ1) is 20.7. The zero-order valence-corrected chi connectivity index (χ0v) is 16.2. The lowest BCUT2D eigenvalue weighted by molar-refractivity contribution is 0.231. The van der Waals surface area contributed by atoms with Crippen molar-refractivity contribution in [3.8, 4) is 0 Å². The van der Waals surface area contributed by atoms with Gasteiger partial charge in [-0.25, -0.2) is 0 Å². The maximum atomic E-state index is 2.48. The highest BCUT2D eigenvalue weighted by molar-refractivity contribution is 4.97. The molecule has 4 atom stereocenters. The first-order valence-corrected chi connectivity index (χ1v) is 9.47. The fraction of sp³-hybridized carbons (Fsp3) is 0.905. The minimum atomic E-state index is 0.347. The van der Waals surface area contributed by atoms with Crippen LogP contribution in [0.1, 0.15) is 93.9 Å². The molecule has 0 fully saturated rings. The fourth-order valence-corrected chi connectivity index (χ4v) is 3.60. The Kier molecular flexibility index (Phi) is 10.3. The molecular weight excluding hydrogens is 252 g/mol. The SMILES string of the molecule is CCCC(C)C(C)(C)C=CCCC(C)C(CC)C(C)CC. The van der Waals surface area contributed by atoms with Gasteiger partial charge in [-0.1, -0.05) is 93.2 Å². The molecule has 0 aliphatic heterocycles. The van der Waals surface area contributed by atoms with Crippen LogP contribution in [0.3, 0.4) is 0 Å². The van der Waals surface area contributed by atoms with E-state index in [1.54, 1.807) is 0 Å². The largest absolute Gasteiger partial charge is 0.0880 e. The van der Waals surface area contributed by atoms with Crippen molar-refractivity contribution in [2.75, 3.05) is 0 Å². The predicted octanol–water partition coefficient (Wildman–Crippen LogP) is 7.49. The molecule has 4 unspecified atom stereocenters. The molecule has 0 heterocycles. The lowest BCUT2D eigenvalue weighted by atomic mass is 9.76. The summed E-state index contributed by atoms with van der Waals surface area (Å²) >= 11 is 0.